The van der Waals surface area contributed by atoms with Crippen LogP contribution in [0, 0.1) is 6.92 Å². The molecule has 0 aliphatic heterocycles. The van der Waals surface area contributed by atoms with E-state index in [4.69, 9.17) is 5.73 Å². The Kier molecular flexibility index (Phi) is 2.64. The summed E-state index contributed by atoms with van der Waals surface area (Å²) in [4.78, 5) is 12.5. The molecule has 6 heteroatoms. The van der Waals surface area contributed by atoms with Gasteiger partial charge in [-0.1, -0.05) is 11.3 Å². The molecular weight excluding hydrogens is 216 g/mol. The molecule has 0 amide bonds. The van der Waals surface area contributed by atoms with Gasteiger partial charge in [-0.15, -0.1) is 0 Å². The predicted molar refractivity (Wildman–Crippen MR) is 57.4 cm³/mol. The van der Waals surface area contributed by atoms with Gasteiger partial charge in [0.15, 0.2) is 9.50 Å². The van der Waals surface area contributed by atoms with Gasteiger partial charge in [0.1, 0.15) is 5.00 Å². The van der Waals surface area contributed by atoms with E-state index in [9.17, 15) is 0 Å². The van der Waals surface area contributed by atoms with Gasteiger partial charge in [-0.2, -0.15) is 0 Å². The fourth-order valence-electron chi connectivity index (χ4n) is 0.870. The van der Waals surface area contributed by atoms with Gasteiger partial charge < -0.3 is 5.73 Å². The van der Waals surface area contributed by atoms with Crippen molar-refractivity contribution >= 4 is 28.1 Å². The highest BCUT2D eigenvalue weighted by Crippen LogP contribution is 2.29. The first kappa shape index (κ1) is 9.42. The number of nitrogens with zero attached hydrogens (tertiary/aromatic N) is 3. The zero-order chi connectivity index (χ0) is 9.97. The molecule has 0 fully saturated rings. The van der Waals surface area contributed by atoms with Gasteiger partial charge in [-0.25, -0.2) is 15.0 Å². The third-order valence-electron chi connectivity index (χ3n) is 1.45. The minimum atomic E-state index is 0.708. The van der Waals surface area contributed by atoms with E-state index in [2.05, 4.69) is 15.0 Å². The molecule has 2 rings (SSSR count). The number of hydrogen-bond donors (Lipinski definition) is 1. The van der Waals surface area contributed by atoms with Crippen molar-refractivity contribution in [3.63, 3.8) is 0 Å². The quantitative estimate of drug-likeness (QED) is 0.790. The standard InChI is InChI=1S/C8H8N4S2/c1-5-2-3-10-7(12-5)14-8-11-4-6(9)13-8/h2-4H,9H2,1H3. The van der Waals surface area contributed by atoms with E-state index in [0.29, 0.717) is 10.2 Å². The second-order valence-electron chi connectivity index (χ2n) is 2.61. The normalized spacial score (nSPS) is 10.4. The zero-order valence-electron chi connectivity index (χ0n) is 7.47. The molecule has 0 unspecified atom stereocenters. The summed E-state index contributed by atoms with van der Waals surface area (Å²) in [6.45, 7) is 1.93. The number of nitrogen functional groups attached to an aromatic ring is 1. The molecule has 0 aliphatic carbocycles. The Labute approximate surface area is 89.6 Å². The summed E-state index contributed by atoms with van der Waals surface area (Å²) in [5.74, 6) is 0. The summed E-state index contributed by atoms with van der Waals surface area (Å²) in [6.07, 6.45) is 3.38. The first-order chi connectivity index (χ1) is 6.74. The topological polar surface area (TPSA) is 64.7 Å². The lowest BCUT2D eigenvalue weighted by Crippen LogP contribution is -1.87. The third kappa shape index (κ3) is 2.21. The molecule has 0 aromatic carbocycles. The Morgan fingerprint density at radius 1 is 1.43 bits per heavy atom. The molecular formula is C8H8N4S2. The molecule has 0 bridgehead atoms. The monoisotopic (exact) mass is 224 g/mol. The van der Waals surface area contributed by atoms with Crippen LogP contribution in [0.1, 0.15) is 5.69 Å². The summed E-state index contributed by atoms with van der Waals surface area (Å²) in [5.41, 5.74) is 6.51. The molecule has 2 heterocycles. The van der Waals surface area contributed by atoms with Crippen LogP contribution in [0.15, 0.2) is 28.0 Å². The average Bonchev–Trinajstić information content (AvgIpc) is 2.51. The van der Waals surface area contributed by atoms with Gasteiger partial charge in [-0.05, 0) is 24.8 Å². The second kappa shape index (κ2) is 3.93. The van der Waals surface area contributed by atoms with E-state index in [1.807, 2.05) is 13.0 Å². The maximum atomic E-state index is 5.56. The molecule has 0 atom stereocenters. The Hall–Kier alpha value is -1.14. The van der Waals surface area contributed by atoms with E-state index in [1.54, 1.807) is 12.4 Å². The fourth-order valence-corrected chi connectivity index (χ4v) is 2.53. The molecule has 14 heavy (non-hydrogen) atoms. The van der Waals surface area contributed by atoms with Crippen LogP contribution in [0.4, 0.5) is 5.00 Å². The number of aromatic nitrogens is 3. The molecule has 0 aliphatic rings. The number of rotatable bonds is 2. The molecule has 2 N–H and O–H groups in total. The van der Waals surface area contributed by atoms with E-state index >= 15 is 0 Å². The summed E-state index contributed by atoms with van der Waals surface area (Å²) < 4.78 is 0.869. The van der Waals surface area contributed by atoms with Crippen LogP contribution in [0.25, 0.3) is 0 Å². The smallest absolute Gasteiger partial charge is 0.194 e. The lowest BCUT2D eigenvalue weighted by atomic mass is 10.5. The number of anilines is 1. The lowest BCUT2D eigenvalue weighted by molar-refractivity contribution is 0.931. The number of nitrogens with two attached hydrogens (primary N) is 1. The van der Waals surface area contributed by atoms with Crippen LogP contribution in [-0.4, -0.2) is 15.0 Å². The summed E-state index contributed by atoms with van der Waals surface area (Å²) in [5, 5.41) is 1.42. The number of aryl methyl sites for hydroxylation is 1. The Balaban J connectivity index is 2.18. The van der Waals surface area contributed by atoms with E-state index in [1.165, 1.54) is 23.1 Å². The molecule has 4 nitrogen and oxygen atoms in total. The van der Waals surface area contributed by atoms with E-state index in [-0.39, 0.29) is 0 Å². The van der Waals surface area contributed by atoms with Crippen molar-refractivity contribution in [3.8, 4) is 0 Å². The van der Waals surface area contributed by atoms with Crippen LogP contribution in [0.2, 0.25) is 0 Å². The van der Waals surface area contributed by atoms with Crippen LogP contribution in [0.3, 0.4) is 0 Å². The van der Waals surface area contributed by atoms with Crippen LogP contribution >= 0.6 is 23.1 Å². The van der Waals surface area contributed by atoms with Gasteiger partial charge in [0.25, 0.3) is 0 Å². The second-order valence-corrected chi connectivity index (χ2v) is 4.89. The molecule has 2 aromatic rings. The van der Waals surface area contributed by atoms with Crippen LogP contribution in [-0.2, 0) is 0 Å². The molecule has 0 saturated heterocycles. The summed E-state index contributed by atoms with van der Waals surface area (Å²) >= 11 is 2.87. The highest BCUT2D eigenvalue weighted by atomic mass is 32.2. The largest absolute Gasteiger partial charge is 0.389 e. The Morgan fingerprint density at radius 2 is 2.29 bits per heavy atom. The highest BCUT2D eigenvalue weighted by Gasteiger charge is 2.04. The highest BCUT2D eigenvalue weighted by molar-refractivity contribution is 8.00. The first-order valence-electron chi connectivity index (χ1n) is 3.93. The van der Waals surface area contributed by atoms with Gasteiger partial charge >= 0.3 is 0 Å². The van der Waals surface area contributed by atoms with Crippen molar-refractivity contribution in [2.24, 2.45) is 0 Å². The number of hydrogen-bond acceptors (Lipinski definition) is 6. The zero-order valence-corrected chi connectivity index (χ0v) is 9.10. The SMILES string of the molecule is Cc1ccnc(Sc2ncc(N)s2)n1. The average molecular weight is 224 g/mol. The van der Waals surface area contributed by atoms with Gasteiger partial charge in [0.2, 0.25) is 0 Å². The van der Waals surface area contributed by atoms with Crippen molar-refractivity contribution in [1.82, 2.24) is 15.0 Å². The Morgan fingerprint density at radius 3 is 2.93 bits per heavy atom. The molecule has 0 radical (unpaired) electrons. The first-order valence-corrected chi connectivity index (χ1v) is 5.56. The minimum absolute atomic E-state index is 0.708. The maximum absolute atomic E-state index is 5.56. The summed E-state index contributed by atoms with van der Waals surface area (Å²) in [7, 11) is 0. The van der Waals surface area contributed by atoms with E-state index < -0.39 is 0 Å². The molecule has 72 valence electrons. The van der Waals surface area contributed by atoms with Crippen molar-refractivity contribution < 1.29 is 0 Å². The van der Waals surface area contributed by atoms with Crippen molar-refractivity contribution in [2.45, 2.75) is 16.4 Å². The predicted octanol–water partition coefficient (Wildman–Crippen LogP) is 1.97. The van der Waals surface area contributed by atoms with E-state index in [0.717, 1.165) is 10.0 Å². The molecule has 0 saturated carbocycles. The lowest BCUT2D eigenvalue weighted by Gasteiger charge is -1.95. The summed E-state index contributed by atoms with van der Waals surface area (Å²) in [6, 6.07) is 1.86. The maximum Gasteiger partial charge on any atom is 0.194 e. The van der Waals surface area contributed by atoms with Gasteiger partial charge in [0, 0.05) is 11.9 Å². The van der Waals surface area contributed by atoms with Crippen LogP contribution in [0.5, 0.6) is 0 Å². The van der Waals surface area contributed by atoms with Crippen molar-refractivity contribution in [2.75, 3.05) is 5.73 Å². The van der Waals surface area contributed by atoms with Gasteiger partial charge in [-0.3, -0.25) is 0 Å². The van der Waals surface area contributed by atoms with Crippen molar-refractivity contribution in [1.29, 1.82) is 0 Å². The Bertz CT molecular complexity index is 440. The molecule has 2 aromatic heterocycles. The number of thiazole rings is 1. The van der Waals surface area contributed by atoms with Crippen molar-refractivity contribution in [3.05, 3.63) is 24.2 Å². The third-order valence-corrected chi connectivity index (χ3v) is 3.23. The fraction of sp³-hybridized carbons (Fsp3) is 0.125. The van der Waals surface area contributed by atoms with Crippen LogP contribution < -0.4 is 5.73 Å². The van der Waals surface area contributed by atoms with Gasteiger partial charge in [0.05, 0.1) is 6.20 Å². The molecule has 0 spiro atoms. The minimum Gasteiger partial charge on any atom is -0.389 e.